The van der Waals surface area contributed by atoms with Crippen LogP contribution in [-0.4, -0.2) is 22.2 Å². The van der Waals surface area contributed by atoms with Gasteiger partial charge in [0, 0.05) is 0 Å². The van der Waals surface area contributed by atoms with Gasteiger partial charge in [0.1, 0.15) is 0 Å². The summed E-state index contributed by atoms with van der Waals surface area (Å²) in [6, 6.07) is 0. The Morgan fingerprint density at radius 2 is 1.17 bits per heavy atom. The van der Waals surface area contributed by atoms with Crippen LogP contribution in [0.5, 0.6) is 0 Å². The van der Waals surface area contributed by atoms with Crippen LogP contribution in [0, 0.1) is 0 Å². The van der Waals surface area contributed by atoms with Gasteiger partial charge < -0.3 is 10.2 Å². The predicted molar refractivity (Wildman–Crippen MR) is 42.7 cm³/mol. The maximum atomic E-state index is 10.2. The molecule has 4 heteroatoms. The summed E-state index contributed by atoms with van der Waals surface area (Å²) in [4.78, 5) is 20.3. The molecule has 64 valence electrons. The number of aliphatic carboxylic acids is 2. The summed E-state index contributed by atoms with van der Waals surface area (Å²) in [6.07, 6.45) is 2.16. The maximum absolute atomic E-state index is 10.2. The van der Waals surface area contributed by atoms with Crippen molar-refractivity contribution in [3.63, 3.8) is 0 Å². The summed E-state index contributed by atoms with van der Waals surface area (Å²) in [5.74, 6) is -2.38. The summed E-state index contributed by atoms with van der Waals surface area (Å²) in [7, 11) is 0. The molecular formula is C8H8O4. The second kappa shape index (κ2) is 4.12. The van der Waals surface area contributed by atoms with Gasteiger partial charge in [-0.15, -0.1) is 0 Å². The average Bonchev–Trinajstić information content (AvgIpc) is 1.98. The molecule has 12 heavy (non-hydrogen) atoms. The summed E-state index contributed by atoms with van der Waals surface area (Å²) < 4.78 is 0. The Bertz CT molecular complexity index is 245. The number of hydrogen-bond acceptors (Lipinski definition) is 2. The first kappa shape index (κ1) is 10.2. The van der Waals surface area contributed by atoms with Crippen molar-refractivity contribution in [1.82, 2.24) is 0 Å². The van der Waals surface area contributed by atoms with E-state index in [0.29, 0.717) is 0 Å². The minimum Gasteiger partial charge on any atom is -0.478 e. The molecule has 0 heterocycles. The highest BCUT2D eigenvalue weighted by Gasteiger charge is 2.01. The molecule has 0 amide bonds. The number of carboxylic acid groups (broad SMARTS) is 2. The number of carboxylic acids is 2. The summed E-state index contributed by atoms with van der Waals surface area (Å²) >= 11 is 0. The highest BCUT2D eigenvalue weighted by Crippen LogP contribution is 1.98. The van der Waals surface area contributed by atoms with E-state index in [4.69, 9.17) is 10.2 Å². The molecule has 0 aliphatic rings. The molecule has 0 saturated carbocycles. The number of hydrogen-bond donors (Lipinski definition) is 2. The van der Waals surface area contributed by atoms with E-state index in [9.17, 15) is 9.59 Å². The molecule has 0 aliphatic carbocycles. The van der Waals surface area contributed by atoms with E-state index in [0.717, 1.165) is 12.2 Å². The van der Waals surface area contributed by atoms with Gasteiger partial charge in [0.15, 0.2) is 0 Å². The van der Waals surface area contributed by atoms with Gasteiger partial charge in [-0.3, -0.25) is 0 Å². The number of carbonyl (C=O) groups is 2. The van der Waals surface area contributed by atoms with E-state index < -0.39 is 11.9 Å². The number of rotatable bonds is 4. The lowest BCUT2D eigenvalue weighted by atomic mass is 10.2. The first-order valence-corrected chi connectivity index (χ1v) is 2.97. The summed E-state index contributed by atoms with van der Waals surface area (Å²) in [6.45, 7) is 6.33. The Kier molecular flexibility index (Phi) is 3.49. The molecule has 4 nitrogen and oxygen atoms in total. The molecule has 0 bridgehead atoms. The van der Waals surface area contributed by atoms with E-state index in [2.05, 4.69) is 13.2 Å². The SMILES string of the molecule is C=C(/C=C\C(=C)C(=O)O)C(=O)O. The van der Waals surface area contributed by atoms with Gasteiger partial charge in [0.25, 0.3) is 0 Å². The first-order chi connectivity index (χ1) is 5.45. The Morgan fingerprint density at radius 1 is 0.917 bits per heavy atom. The fraction of sp³-hybridized carbons (Fsp3) is 0. The average molecular weight is 168 g/mol. The lowest BCUT2D eigenvalue weighted by Gasteiger charge is -1.90. The van der Waals surface area contributed by atoms with Crippen molar-refractivity contribution < 1.29 is 19.8 Å². The van der Waals surface area contributed by atoms with Gasteiger partial charge >= 0.3 is 11.9 Å². The molecule has 0 aromatic heterocycles. The van der Waals surface area contributed by atoms with Crippen LogP contribution >= 0.6 is 0 Å². The van der Waals surface area contributed by atoms with E-state index >= 15 is 0 Å². The third kappa shape index (κ3) is 3.36. The molecule has 0 fully saturated rings. The molecule has 0 atom stereocenters. The molecule has 2 N–H and O–H groups in total. The third-order valence-corrected chi connectivity index (χ3v) is 1.04. The lowest BCUT2D eigenvalue weighted by Crippen LogP contribution is -1.98. The first-order valence-electron chi connectivity index (χ1n) is 2.97. The summed E-state index contributed by atoms with van der Waals surface area (Å²) in [5, 5.41) is 16.6. The third-order valence-electron chi connectivity index (χ3n) is 1.04. The van der Waals surface area contributed by atoms with Crippen LogP contribution in [0.1, 0.15) is 0 Å². The minimum atomic E-state index is -1.19. The molecule has 0 saturated heterocycles. The normalized spacial score (nSPS) is 9.67. The highest BCUT2D eigenvalue weighted by atomic mass is 16.4. The standard InChI is InChI=1S/C8H8O4/c1-5(7(9)10)3-4-6(2)8(11)12/h3-4H,1-2H2,(H,9,10)(H,11,12)/b4-3-. The van der Waals surface area contributed by atoms with Crippen LogP contribution in [0.2, 0.25) is 0 Å². The van der Waals surface area contributed by atoms with E-state index in [1.807, 2.05) is 0 Å². The molecule has 0 aliphatic heterocycles. The molecule has 0 aromatic rings. The van der Waals surface area contributed by atoms with Crippen molar-refractivity contribution in [2.24, 2.45) is 0 Å². The lowest BCUT2D eigenvalue weighted by molar-refractivity contribution is -0.133. The monoisotopic (exact) mass is 168 g/mol. The van der Waals surface area contributed by atoms with Crippen molar-refractivity contribution in [2.75, 3.05) is 0 Å². The van der Waals surface area contributed by atoms with Crippen LogP contribution in [-0.2, 0) is 9.59 Å². The van der Waals surface area contributed by atoms with Gasteiger partial charge in [-0.2, -0.15) is 0 Å². The van der Waals surface area contributed by atoms with E-state index in [1.54, 1.807) is 0 Å². The van der Waals surface area contributed by atoms with Crippen LogP contribution < -0.4 is 0 Å². The Labute approximate surface area is 69.1 Å². The predicted octanol–water partition coefficient (Wildman–Crippen LogP) is 0.824. The molecule has 0 rings (SSSR count). The Hall–Kier alpha value is -1.84. The zero-order valence-electron chi connectivity index (χ0n) is 6.28. The van der Waals surface area contributed by atoms with E-state index in [-0.39, 0.29) is 11.1 Å². The summed E-state index contributed by atoms with van der Waals surface area (Å²) in [5.41, 5.74) is -0.366. The fourth-order valence-corrected chi connectivity index (χ4v) is 0.344. The van der Waals surface area contributed by atoms with Crippen LogP contribution in [0.15, 0.2) is 36.5 Å². The molecular weight excluding hydrogens is 160 g/mol. The topological polar surface area (TPSA) is 74.6 Å². The molecule has 0 aromatic carbocycles. The largest absolute Gasteiger partial charge is 0.478 e. The van der Waals surface area contributed by atoms with Crippen LogP contribution in [0.25, 0.3) is 0 Å². The zero-order valence-corrected chi connectivity index (χ0v) is 6.28. The zero-order chi connectivity index (χ0) is 9.72. The van der Waals surface area contributed by atoms with Crippen molar-refractivity contribution in [1.29, 1.82) is 0 Å². The van der Waals surface area contributed by atoms with Gasteiger partial charge in [0.2, 0.25) is 0 Å². The van der Waals surface area contributed by atoms with Crippen molar-refractivity contribution >= 4 is 11.9 Å². The Morgan fingerprint density at radius 3 is 1.33 bits per heavy atom. The fourth-order valence-electron chi connectivity index (χ4n) is 0.344. The molecule has 0 spiro atoms. The molecule has 0 unspecified atom stereocenters. The van der Waals surface area contributed by atoms with Crippen molar-refractivity contribution in [3.05, 3.63) is 36.5 Å². The van der Waals surface area contributed by atoms with Gasteiger partial charge in [-0.05, 0) is 12.2 Å². The highest BCUT2D eigenvalue weighted by molar-refractivity contribution is 5.92. The maximum Gasteiger partial charge on any atom is 0.335 e. The Balaban J connectivity index is 4.26. The smallest absolute Gasteiger partial charge is 0.335 e. The second-order valence-corrected chi connectivity index (χ2v) is 1.99. The minimum absolute atomic E-state index is 0.183. The van der Waals surface area contributed by atoms with Crippen LogP contribution in [0.3, 0.4) is 0 Å². The van der Waals surface area contributed by atoms with Gasteiger partial charge in [0.05, 0.1) is 11.1 Å². The van der Waals surface area contributed by atoms with Gasteiger partial charge in [-0.25, -0.2) is 9.59 Å². The molecule has 0 radical (unpaired) electrons. The quantitative estimate of drug-likeness (QED) is 0.481. The van der Waals surface area contributed by atoms with Crippen molar-refractivity contribution in [3.8, 4) is 0 Å². The van der Waals surface area contributed by atoms with Crippen LogP contribution in [0.4, 0.5) is 0 Å². The van der Waals surface area contributed by atoms with Crippen molar-refractivity contribution in [2.45, 2.75) is 0 Å². The second-order valence-electron chi connectivity index (χ2n) is 1.99. The van der Waals surface area contributed by atoms with Gasteiger partial charge in [-0.1, -0.05) is 13.2 Å². The van der Waals surface area contributed by atoms with E-state index in [1.165, 1.54) is 0 Å².